The molecule has 2 aromatic carbocycles. The van der Waals surface area contributed by atoms with E-state index in [2.05, 4.69) is 5.43 Å². The van der Waals surface area contributed by atoms with Crippen molar-refractivity contribution in [2.45, 2.75) is 12.4 Å². The van der Waals surface area contributed by atoms with E-state index < -0.39 is 29.2 Å². The maximum Gasteiger partial charge on any atom is 0.416 e. The summed E-state index contributed by atoms with van der Waals surface area (Å²) in [4.78, 5) is 11.8. The third kappa shape index (κ3) is 4.21. The number of halogens is 6. The van der Waals surface area contributed by atoms with E-state index in [-0.39, 0.29) is 10.6 Å². The molecule has 0 atom stereocenters. The molecule has 0 spiro atoms. The molecule has 0 amide bonds. The van der Waals surface area contributed by atoms with Crippen molar-refractivity contribution in [2.24, 2.45) is 0 Å². The summed E-state index contributed by atoms with van der Waals surface area (Å²) in [7, 11) is 0. The van der Waals surface area contributed by atoms with Crippen LogP contribution in [0.5, 0.6) is 0 Å². The molecule has 23 heavy (non-hydrogen) atoms. The minimum Gasteiger partial charge on any atom is -0.166 e. The van der Waals surface area contributed by atoms with Crippen LogP contribution in [0.2, 0.25) is 0 Å². The maximum absolute atomic E-state index is 12.6. The first-order valence-electron chi connectivity index (χ1n) is 6.16. The molecule has 2 aromatic rings. The molecule has 0 aliphatic carbocycles. The Labute approximate surface area is 126 Å². The van der Waals surface area contributed by atoms with Gasteiger partial charge in [-0.1, -0.05) is 12.1 Å². The van der Waals surface area contributed by atoms with Gasteiger partial charge in [-0.15, -0.1) is 5.43 Å². The standard InChI is InChI=1S/C14H9F6N2O/c15-13(16,17)9-3-1-5-11(7-9)21-22(23)12-6-2-4-10(8-12)14(18,19)20/h1-8H,(H,21,23)/q+1. The van der Waals surface area contributed by atoms with Crippen LogP contribution >= 0.6 is 0 Å². The van der Waals surface area contributed by atoms with Crippen LogP contribution in [0.15, 0.2) is 48.5 Å². The summed E-state index contributed by atoms with van der Waals surface area (Å²) >= 11 is 0. The first-order chi connectivity index (χ1) is 10.6. The van der Waals surface area contributed by atoms with Crippen molar-refractivity contribution in [3.63, 3.8) is 0 Å². The van der Waals surface area contributed by atoms with Gasteiger partial charge < -0.3 is 0 Å². The first kappa shape index (κ1) is 16.8. The van der Waals surface area contributed by atoms with Gasteiger partial charge in [-0.05, 0) is 24.3 Å². The highest BCUT2D eigenvalue weighted by Gasteiger charge is 2.33. The van der Waals surface area contributed by atoms with Gasteiger partial charge in [-0.3, -0.25) is 0 Å². The molecule has 0 heterocycles. The summed E-state index contributed by atoms with van der Waals surface area (Å²) < 4.78 is 75.4. The molecule has 0 saturated carbocycles. The van der Waals surface area contributed by atoms with Crippen molar-refractivity contribution in [1.82, 2.24) is 0 Å². The van der Waals surface area contributed by atoms with Crippen LogP contribution in [0.3, 0.4) is 0 Å². The number of alkyl halides is 6. The number of nitrogens with zero attached hydrogens (tertiary/aromatic N) is 1. The SMILES string of the molecule is O=[N+](Nc1cccc(C(F)(F)F)c1)c1cccc(C(F)(F)F)c1. The van der Waals surface area contributed by atoms with Gasteiger partial charge in [0.1, 0.15) is 5.69 Å². The Bertz CT molecular complexity index is 724. The van der Waals surface area contributed by atoms with Crippen molar-refractivity contribution >= 4 is 11.4 Å². The van der Waals surface area contributed by atoms with Crippen molar-refractivity contribution in [3.05, 3.63) is 64.6 Å². The zero-order chi connectivity index (χ0) is 17.3. The number of rotatable bonds is 3. The Hall–Kier alpha value is -2.58. The second kappa shape index (κ2) is 5.90. The molecular formula is C14H9F6N2O+. The topological polar surface area (TPSA) is 32.1 Å². The zero-order valence-electron chi connectivity index (χ0n) is 11.2. The van der Waals surface area contributed by atoms with Gasteiger partial charge in [0.25, 0.3) is 5.69 Å². The highest BCUT2D eigenvalue weighted by molar-refractivity contribution is 5.45. The highest BCUT2D eigenvalue weighted by Crippen LogP contribution is 2.32. The number of hydrogen-bond acceptors (Lipinski definition) is 1. The quantitative estimate of drug-likeness (QED) is 0.477. The van der Waals surface area contributed by atoms with E-state index in [4.69, 9.17) is 0 Å². The van der Waals surface area contributed by atoms with E-state index in [1.54, 1.807) is 0 Å². The summed E-state index contributed by atoms with van der Waals surface area (Å²) in [5, 5.41) is 0. The maximum atomic E-state index is 12.6. The molecule has 0 bridgehead atoms. The fourth-order valence-corrected chi connectivity index (χ4v) is 1.76. The fraction of sp³-hybridized carbons (Fsp3) is 0.143. The van der Waals surface area contributed by atoms with Gasteiger partial charge >= 0.3 is 12.4 Å². The fourth-order valence-electron chi connectivity index (χ4n) is 1.76. The molecule has 122 valence electrons. The molecule has 0 aromatic heterocycles. The average molecular weight is 335 g/mol. The number of nitrogens with one attached hydrogen (secondary N) is 1. The van der Waals surface area contributed by atoms with Crippen LogP contribution in [-0.4, -0.2) is 4.87 Å². The molecular weight excluding hydrogens is 326 g/mol. The van der Waals surface area contributed by atoms with Gasteiger partial charge in [0.2, 0.25) is 0 Å². The van der Waals surface area contributed by atoms with E-state index >= 15 is 0 Å². The lowest BCUT2D eigenvalue weighted by Gasteiger charge is -2.07. The Kier molecular flexibility index (Phi) is 4.31. The number of hydrogen-bond donors (Lipinski definition) is 1. The molecule has 2 rings (SSSR count). The van der Waals surface area contributed by atoms with E-state index in [1.165, 1.54) is 6.07 Å². The molecule has 0 aliphatic heterocycles. The third-order valence-electron chi connectivity index (χ3n) is 2.83. The highest BCUT2D eigenvalue weighted by atomic mass is 19.4. The third-order valence-corrected chi connectivity index (χ3v) is 2.83. The number of benzene rings is 2. The molecule has 9 heteroatoms. The molecule has 0 unspecified atom stereocenters. The summed E-state index contributed by atoms with van der Waals surface area (Å²) in [5.74, 6) is 0. The summed E-state index contributed by atoms with van der Waals surface area (Å²) in [6, 6.07) is 7.25. The average Bonchev–Trinajstić information content (AvgIpc) is 2.46. The zero-order valence-corrected chi connectivity index (χ0v) is 11.2. The van der Waals surface area contributed by atoms with E-state index in [0.717, 1.165) is 30.3 Å². The van der Waals surface area contributed by atoms with Crippen LogP contribution in [-0.2, 0) is 12.4 Å². The number of anilines is 1. The second-order valence-corrected chi connectivity index (χ2v) is 4.53. The lowest BCUT2D eigenvalue weighted by Crippen LogP contribution is -2.13. The predicted molar refractivity (Wildman–Crippen MR) is 69.8 cm³/mol. The second-order valence-electron chi connectivity index (χ2n) is 4.53. The van der Waals surface area contributed by atoms with Crippen LogP contribution in [0.25, 0.3) is 0 Å². The monoisotopic (exact) mass is 335 g/mol. The largest absolute Gasteiger partial charge is 0.416 e. The summed E-state index contributed by atoms with van der Waals surface area (Å²) in [6.45, 7) is 0. The molecule has 0 aliphatic rings. The van der Waals surface area contributed by atoms with Crippen LogP contribution in [0, 0.1) is 4.91 Å². The number of nitroso groups, excluding NO2 is 1. The van der Waals surface area contributed by atoms with E-state index in [9.17, 15) is 31.2 Å². The first-order valence-corrected chi connectivity index (χ1v) is 6.16. The van der Waals surface area contributed by atoms with Crippen LogP contribution < -0.4 is 5.43 Å². The minimum absolute atomic E-state index is 0.0370. The lowest BCUT2D eigenvalue weighted by atomic mass is 10.2. The number of hydrazine groups is 1. The molecule has 0 saturated heterocycles. The van der Waals surface area contributed by atoms with Gasteiger partial charge in [0.15, 0.2) is 4.87 Å². The Morgan fingerprint density at radius 3 is 1.87 bits per heavy atom. The van der Waals surface area contributed by atoms with E-state index in [1.807, 2.05) is 0 Å². The summed E-state index contributed by atoms with van der Waals surface area (Å²) in [6.07, 6.45) is -9.23. The van der Waals surface area contributed by atoms with Crippen molar-refractivity contribution < 1.29 is 31.2 Å². The van der Waals surface area contributed by atoms with E-state index in [0.29, 0.717) is 12.1 Å². The normalized spacial score (nSPS) is 12.1. The Morgan fingerprint density at radius 1 is 0.783 bits per heavy atom. The van der Waals surface area contributed by atoms with Gasteiger partial charge in [0, 0.05) is 12.1 Å². The van der Waals surface area contributed by atoms with Crippen LogP contribution in [0.1, 0.15) is 11.1 Å². The van der Waals surface area contributed by atoms with Crippen molar-refractivity contribution in [1.29, 1.82) is 0 Å². The lowest BCUT2D eigenvalue weighted by molar-refractivity contribution is -0.428. The molecule has 0 fully saturated rings. The smallest absolute Gasteiger partial charge is 0.166 e. The molecule has 3 nitrogen and oxygen atoms in total. The van der Waals surface area contributed by atoms with Crippen molar-refractivity contribution in [3.8, 4) is 0 Å². The predicted octanol–water partition coefficient (Wildman–Crippen LogP) is 5.16. The van der Waals surface area contributed by atoms with Gasteiger partial charge in [-0.2, -0.15) is 26.3 Å². The Balaban J connectivity index is 2.23. The van der Waals surface area contributed by atoms with Gasteiger partial charge in [-0.25, -0.2) is 0 Å². The van der Waals surface area contributed by atoms with Crippen LogP contribution in [0.4, 0.5) is 37.7 Å². The summed E-state index contributed by atoms with van der Waals surface area (Å²) in [5.41, 5.74) is -0.560. The van der Waals surface area contributed by atoms with Crippen molar-refractivity contribution in [2.75, 3.05) is 5.43 Å². The molecule has 0 radical (unpaired) electrons. The molecule has 1 N–H and O–H groups in total. The minimum atomic E-state index is -4.63. The Morgan fingerprint density at radius 2 is 1.30 bits per heavy atom. The van der Waals surface area contributed by atoms with Gasteiger partial charge in [0.05, 0.1) is 16.0 Å².